The number of nitrogens with zero attached hydrogens (tertiary/aromatic N) is 6. The Morgan fingerprint density at radius 1 is 1.23 bits per heavy atom. The van der Waals surface area contributed by atoms with Crippen molar-refractivity contribution in [1.82, 2.24) is 29.7 Å². The summed E-state index contributed by atoms with van der Waals surface area (Å²) >= 11 is 0. The van der Waals surface area contributed by atoms with E-state index < -0.39 is 0 Å². The van der Waals surface area contributed by atoms with Crippen molar-refractivity contribution < 1.29 is 9.59 Å². The van der Waals surface area contributed by atoms with Crippen LogP contribution in [0.3, 0.4) is 0 Å². The molecule has 4 rings (SSSR count). The van der Waals surface area contributed by atoms with Gasteiger partial charge in [-0.1, -0.05) is 0 Å². The fourth-order valence-corrected chi connectivity index (χ4v) is 4.00. The van der Waals surface area contributed by atoms with Gasteiger partial charge >= 0.3 is 0 Å². The molecule has 0 spiro atoms. The fraction of sp³-hybridized carbons (Fsp3) is 0.571. The van der Waals surface area contributed by atoms with Gasteiger partial charge < -0.3 is 10.2 Å². The first kappa shape index (κ1) is 20.3. The van der Waals surface area contributed by atoms with E-state index >= 15 is 0 Å². The Kier molecular flexibility index (Phi) is 5.68. The van der Waals surface area contributed by atoms with Crippen LogP contribution in [-0.2, 0) is 16.0 Å². The molecule has 1 aliphatic heterocycles. The van der Waals surface area contributed by atoms with Crippen LogP contribution in [0.25, 0.3) is 5.65 Å². The Morgan fingerprint density at radius 2 is 1.97 bits per heavy atom. The molecule has 0 aromatic carbocycles. The van der Waals surface area contributed by atoms with Crippen molar-refractivity contribution in [3.63, 3.8) is 0 Å². The molecule has 9 heteroatoms. The lowest BCUT2D eigenvalue weighted by Crippen LogP contribution is -2.51. The molecular formula is C21H27N7O2. The lowest BCUT2D eigenvalue weighted by molar-refractivity contribution is -0.133. The summed E-state index contributed by atoms with van der Waals surface area (Å²) in [4.78, 5) is 33.2. The highest BCUT2D eigenvalue weighted by Gasteiger charge is 2.26. The zero-order valence-electron chi connectivity index (χ0n) is 17.5. The standard InChI is InChI=1S/C21H27N7O2/c1-14-18(15(2)28-21(24-14)16(11-22)12-23-28)5-6-20(30)27-9-7-26(8-10-27)13-19(29)25-17-3-4-17/h12,17H,3-10,13H2,1-2H3,(H,25,29). The molecule has 2 aromatic heterocycles. The SMILES string of the molecule is Cc1nc2c(C#N)cnn2c(C)c1CCC(=O)N1CCN(CC(=O)NC2CC2)CC1. The highest BCUT2D eigenvalue weighted by molar-refractivity contribution is 5.79. The van der Waals surface area contributed by atoms with E-state index in [9.17, 15) is 14.9 Å². The minimum atomic E-state index is 0.0873. The summed E-state index contributed by atoms with van der Waals surface area (Å²) in [5, 5.41) is 16.5. The van der Waals surface area contributed by atoms with Gasteiger partial charge in [-0.05, 0) is 38.7 Å². The van der Waals surface area contributed by atoms with Crippen LogP contribution in [0.15, 0.2) is 6.20 Å². The van der Waals surface area contributed by atoms with E-state index in [1.54, 1.807) is 4.52 Å². The van der Waals surface area contributed by atoms with Crippen molar-refractivity contribution in [1.29, 1.82) is 5.26 Å². The maximum atomic E-state index is 12.7. The second-order valence-electron chi connectivity index (χ2n) is 8.17. The van der Waals surface area contributed by atoms with E-state index in [1.165, 1.54) is 6.20 Å². The summed E-state index contributed by atoms with van der Waals surface area (Å²) in [6.07, 6.45) is 4.70. The van der Waals surface area contributed by atoms with Gasteiger partial charge in [-0.3, -0.25) is 14.5 Å². The zero-order valence-corrected chi connectivity index (χ0v) is 17.5. The van der Waals surface area contributed by atoms with Gasteiger partial charge in [0.1, 0.15) is 11.6 Å². The van der Waals surface area contributed by atoms with Crippen molar-refractivity contribution >= 4 is 17.5 Å². The number of carbonyl (C=O) groups is 2. The van der Waals surface area contributed by atoms with Crippen LogP contribution in [0.5, 0.6) is 0 Å². The van der Waals surface area contributed by atoms with Gasteiger partial charge in [-0.2, -0.15) is 10.4 Å². The van der Waals surface area contributed by atoms with E-state index in [0.29, 0.717) is 49.7 Å². The van der Waals surface area contributed by atoms with Crippen LogP contribution in [0, 0.1) is 25.2 Å². The van der Waals surface area contributed by atoms with Crippen LogP contribution in [0.4, 0.5) is 0 Å². The van der Waals surface area contributed by atoms with E-state index in [2.05, 4.69) is 26.4 Å². The summed E-state index contributed by atoms with van der Waals surface area (Å²) in [6.45, 7) is 7.01. The molecule has 1 saturated carbocycles. The molecule has 1 saturated heterocycles. The van der Waals surface area contributed by atoms with Crippen molar-refractivity contribution in [3.8, 4) is 6.07 Å². The van der Waals surface area contributed by atoms with Gasteiger partial charge in [0.2, 0.25) is 11.8 Å². The number of nitrogens with one attached hydrogen (secondary N) is 1. The second kappa shape index (κ2) is 8.40. The minimum absolute atomic E-state index is 0.0873. The third kappa shape index (κ3) is 4.28. The van der Waals surface area contributed by atoms with Gasteiger partial charge in [0, 0.05) is 50.0 Å². The third-order valence-electron chi connectivity index (χ3n) is 5.95. The molecule has 2 aromatic rings. The molecule has 1 N–H and O–H groups in total. The number of fused-ring (bicyclic) bond motifs is 1. The van der Waals surface area contributed by atoms with Crippen LogP contribution in [0.2, 0.25) is 0 Å². The first-order valence-corrected chi connectivity index (χ1v) is 10.5. The summed E-state index contributed by atoms with van der Waals surface area (Å²) in [5.74, 6) is 0.207. The van der Waals surface area contributed by atoms with Crippen LogP contribution >= 0.6 is 0 Å². The predicted molar refractivity (Wildman–Crippen MR) is 110 cm³/mol. The molecule has 3 heterocycles. The minimum Gasteiger partial charge on any atom is -0.352 e. The molecular weight excluding hydrogens is 382 g/mol. The number of hydrogen-bond acceptors (Lipinski definition) is 6. The molecule has 2 aliphatic rings. The quantitative estimate of drug-likeness (QED) is 0.748. The van der Waals surface area contributed by atoms with Crippen molar-refractivity contribution in [2.24, 2.45) is 0 Å². The van der Waals surface area contributed by atoms with Crippen LogP contribution in [0.1, 0.15) is 41.8 Å². The Hall–Kier alpha value is -2.99. The summed E-state index contributed by atoms with van der Waals surface area (Å²) in [7, 11) is 0. The summed E-state index contributed by atoms with van der Waals surface area (Å²) in [6, 6.07) is 2.49. The maximum Gasteiger partial charge on any atom is 0.234 e. The highest BCUT2D eigenvalue weighted by atomic mass is 16.2. The molecule has 1 aliphatic carbocycles. The molecule has 0 unspecified atom stereocenters. The van der Waals surface area contributed by atoms with Gasteiger partial charge in [-0.25, -0.2) is 9.50 Å². The van der Waals surface area contributed by atoms with Gasteiger partial charge in [0.15, 0.2) is 5.65 Å². The Labute approximate surface area is 175 Å². The van der Waals surface area contributed by atoms with Crippen LogP contribution < -0.4 is 5.32 Å². The zero-order chi connectivity index (χ0) is 21.3. The number of aryl methyl sites for hydroxylation is 2. The molecule has 30 heavy (non-hydrogen) atoms. The fourth-order valence-electron chi connectivity index (χ4n) is 4.00. The number of amides is 2. The molecule has 0 atom stereocenters. The topological polar surface area (TPSA) is 107 Å². The monoisotopic (exact) mass is 409 g/mol. The number of rotatable bonds is 6. The summed E-state index contributed by atoms with van der Waals surface area (Å²) < 4.78 is 1.68. The largest absolute Gasteiger partial charge is 0.352 e. The number of aromatic nitrogens is 3. The van der Waals surface area contributed by atoms with Crippen molar-refractivity contribution in [3.05, 3.63) is 28.7 Å². The van der Waals surface area contributed by atoms with E-state index in [-0.39, 0.29) is 11.8 Å². The van der Waals surface area contributed by atoms with E-state index in [4.69, 9.17) is 0 Å². The van der Waals surface area contributed by atoms with Gasteiger partial charge in [0.05, 0.1) is 12.7 Å². The number of nitriles is 1. The van der Waals surface area contributed by atoms with Gasteiger partial charge in [-0.15, -0.1) is 0 Å². The van der Waals surface area contributed by atoms with Crippen molar-refractivity contribution in [2.75, 3.05) is 32.7 Å². The van der Waals surface area contributed by atoms with Gasteiger partial charge in [0.25, 0.3) is 0 Å². The normalized spacial score (nSPS) is 17.2. The average Bonchev–Trinajstić information content (AvgIpc) is 3.44. The molecule has 0 radical (unpaired) electrons. The Morgan fingerprint density at radius 3 is 2.63 bits per heavy atom. The molecule has 9 nitrogen and oxygen atoms in total. The summed E-state index contributed by atoms with van der Waals surface area (Å²) in [5.41, 5.74) is 3.75. The lowest BCUT2D eigenvalue weighted by Gasteiger charge is -2.34. The maximum absolute atomic E-state index is 12.7. The van der Waals surface area contributed by atoms with E-state index in [1.807, 2.05) is 18.7 Å². The number of hydrogen-bond donors (Lipinski definition) is 1. The van der Waals surface area contributed by atoms with Crippen LogP contribution in [-0.4, -0.2) is 75.0 Å². The first-order chi connectivity index (χ1) is 14.5. The smallest absolute Gasteiger partial charge is 0.234 e. The second-order valence-corrected chi connectivity index (χ2v) is 8.17. The predicted octanol–water partition coefficient (Wildman–Crippen LogP) is 0.573. The molecule has 0 bridgehead atoms. The van der Waals surface area contributed by atoms with Crippen molar-refractivity contribution in [2.45, 2.75) is 45.6 Å². The Bertz CT molecular complexity index is 1010. The first-order valence-electron chi connectivity index (χ1n) is 10.5. The average molecular weight is 409 g/mol. The number of piperazine rings is 1. The third-order valence-corrected chi connectivity index (χ3v) is 5.95. The molecule has 2 amide bonds. The molecule has 158 valence electrons. The Balaban J connectivity index is 1.31. The lowest BCUT2D eigenvalue weighted by atomic mass is 10.1. The number of carbonyl (C=O) groups excluding carboxylic acids is 2. The van der Waals surface area contributed by atoms with E-state index in [0.717, 1.165) is 42.9 Å². The highest BCUT2D eigenvalue weighted by Crippen LogP contribution is 2.19. The molecule has 2 fully saturated rings.